The summed E-state index contributed by atoms with van der Waals surface area (Å²) in [5.74, 6) is 1.00. The highest BCUT2D eigenvalue weighted by molar-refractivity contribution is 6.09. The molecule has 0 aliphatic rings. The fourth-order valence-electron chi connectivity index (χ4n) is 4.52. The highest BCUT2D eigenvalue weighted by atomic mass is 16.5. The number of benzene rings is 4. The first-order valence-corrected chi connectivity index (χ1v) is 13.2. The number of fused-ring (bicyclic) bond motifs is 2. The van der Waals surface area contributed by atoms with Gasteiger partial charge >= 0.3 is 11.9 Å². The van der Waals surface area contributed by atoms with E-state index < -0.39 is 0 Å². The van der Waals surface area contributed by atoms with Crippen LogP contribution in [0, 0.1) is 0 Å². The zero-order chi connectivity index (χ0) is 26.7. The highest BCUT2D eigenvalue weighted by Gasteiger charge is 2.19. The molecule has 6 heteroatoms. The summed E-state index contributed by atoms with van der Waals surface area (Å²) in [5.41, 5.74) is 1.88. The van der Waals surface area contributed by atoms with Gasteiger partial charge in [0.1, 0.15) is 11.5 Å². The van der Waals surface area contributed by atoms with Gasteiger partial charge in [0, 0.05) is 24.0 Å². The molecule has 0 spiro atoms. The molecule has 0 unspecified atom stereocenters. The minimum atomic E-state index is -0.220. The number of esters is 2. The monoisotopic (exact) mass is 514 g/mol. The van der Waals surface area contributed by atoms with Gasteiger partial charge in [-0.15, -0.1) is 0 Å². The third-order valence-corrected chi connectivity index (χ3v) is 6.21. The highest BCUT2D eigenvalue weighted by Crippen LogP contribution is 2.45. The van der Waals surface area contributed by atoms with E-state index >= 15 is 0 Å². The standard InChI is InChI=1S/C32H34O6/c1-3-35-29(33)15-9-21-37-27-19-17-23-11-5-7-13-25(23)31(27)32-26-14-8-6-12-24(26)18-20-28(32)38-22-10-16-30(34)36-4-2/h5-8,11-14,17-20H,3-4,9-10,15-16,21-22H2,1-2H3. The summed E-state index contributed by atoms with van der Waals surface area (Å²) >= 11 is 0. The largest absolute Gasteiger partial charge is 0.493 e. The summed E-state index contributed by atoms with van der Waals surface area (Å²) in [5, 5.41) is 4.26. The van der Waals surface area contributed by atoms with Gasteiger partial charge in [0.25, 0.3) is 0 Å². The Bertz CT molecular complexity index is 1290. The minimum Gasteiger partial charge on any atom is -0.493 e. The van der Waals surface area contributed by atoms with Gasteiger partial charge in [-0.25, -0.2) is 0 Å². The normalized spacial score (nSPS) is 10.9. The molecule has 0 saturated heterocycles. The molecule has 0 aliphatic heterocycles. The molecule has 4 aromatic rings. The van der Waals surface area contributed by atoms with Gasteiger partial charge in [-0.2, -0.15) is 0 Å². The summed E-state index contributed by atoms with van der Waals surface area (Å²) in [6.45, 7) is 5.11. The van der Waals surface area contributed by atoms with Crippen molar-refractivity contribution < 1.29 is 28.5 Å². The average molecular weight is 515 g/mol. The van der Waals surface area contributed by atoms with E-state index in [9.17, 15) is 9.59 Å². The Hall–Kier alpha value is -4.06. The second kappa shape index (κ2) is 13.5. The molecule has 4 aromatic carbocycles. The van der Waals surface area contributed by atoms with Gasteiger partial charge < -0.3 is 18.9 Å². The number of ether oxygens (including phenoxy) is 4. The quantitative estimate of drug-likeness (QED) is 0.140. The van der Waals surface area contributed by atoms with Gasteiger partial charge in [0.15, 0.2) is 0 Å². The van der Waals surface area contributed by atoms with Crippen LogP contribution in [0.25, 0.3) is 32.7 Å². The van der Waals surface area contributed by atoms with Crippen LogP contribution >= 0.6 is 0 Å². The van der Waals surface area contributed by atoms with Gasteiger partial charge in [-0.1, -0.05) is 60.7 Å². The molecule has 0 heterocycles. The maximum absolute atomic E-state index is 11.8. The van der Waals surface area contributed by atoms with Crippen LogP contribution in [0.3, 0.4) is 0 Å². The smallest absolute Gasteiger partial charge is 0.305 e. The lowest BCUT2D eigenvalue weighted by atomic mass is 9.92. The van der Waals surface area contributed by atoms with E-state index in [-0.39, 0.29) is 11.9 Å². The lowest BCUT2D eigenvalue weighted by molar-refractivity contribution is -0.144. The van der Waals surface area contributed by atoms with E-state index in [1.807, 2.05) is 48.5 Å². The van der Waals surface area contributed by atoms with E-state index in [1.54, 1.807) is 13.8 Å². The van der Waals surface area contributed by atoms with Crippen molar-refractivity contribution >= 4 is 33.5 Å². The first-order valence-electron chi connectivity index (χ1n) is 13.2. The van der Waals surface area contributed by atoms with Crippen LogP contribution in [0.5, 0.6) is 11.5 Å². The molecule has 0 bridgehead atoms. The first-order chi connectivity index (χ1) is 18.6. The lowest BCUT2D eigenvalue weighted by Crippen LogP contribution is -2.08. The molecule has 0 saturated carbocycles. The Morgan fingerprint density at radius 1 is 0.579 bits per heavy atom. The summed E-state index contributed by atoms with van der Waals surface area (Å²) < 4.78 is 22.7. The van der Waals surface area contributed by atoms with Crippen molar-refractivity contribution in [3.63, 3.8) is 0 Å². The molecule has 198 valence electrons. The predicted molar refractivity (Wildman–Crippen MR) is 150 cm³/mol. The number of carbonyl (C=O) groups excluding carboxylic acids is 2. The molecular weight excluding hydrogens is 480 g/mol. The summed E-state index contributed by atoms with van der Waals surface area (Å²) in [6.07, 6.45) is 1.72. The molecule has 0 aromatic heterocycles. The lowest BCUT2D eigenvalue weighted by Gasteiger charge is -2.20. The second-order valence-corrected chi connectivity index (χ2v) is 8.83. The molecule has 0 fully saturated rings. The fourth-order valence-corrected chi connectivity index (χ4v) is 4.52. The molecule has 0 N–H and O–H groups in total. The Morgan fingerprint density at radius 3 is 1.42 bits per heavy atom. The van der Waals surface area contributed by atoms with Crippen molar-refractivity contribution in [1.29, 1.82) is 0 Å². The molecule has 0 radical (unpaired) electrons. The van der Waals surface area contributed by atoms with Crippen LogP contribution in [0.1, 0.15) is 39.5 Å². The van der Waals surface area contributed by atoms with Crippen molar-refractivity contribution in [1.82, 2.24) is 0 Å². The maximum Gasteiger partial charge on any atom is 0.305 e. The molecular formula is C32H34O6. The molecule has 0 amide bonds. The molecule has 6 nitrogen and oxygen atoms in total. The number of carbonyl (C=O) groups is 2. The van der Waals surface area contributed by atoms with Crippen molar-refractivity contribution in [3.8, 4) is 22.6 Å². The number of hydrogen-bond acceptors (Lipinski definition) is 6. The van der Waals surface area contributed by atoms with E-state index in [2.05, 4.69) is 24.3 Å². The van der Waals surface area contributed by atoms with Crippen LogP contribution < -0.4 is 9.47 Å². The van der Waals surface area contributed by atoms with Crippen molar-refractivity contribution in [3.05, 3.63) is 72.8 Å². The SMILES string of the molecule is CCOC(=O)CCCOc1ccc2ccccc2c1-c1c(OCCCC(=O)OCC)ccc2ccccc12. The molecule has 0 aliphatic carbocycles. The molecule has 4 rings (SSSR count). The zero-order valence-electron chi connectivity index (χ0n) is 22.0. The van der Waals surface area contributed by atoms with Crippen LogP contribution in [0.15, 0.2) is 72.8 Å². The van der Waals surface area contributed by atoms with Crippen LogP contribution in [0.2, 0.25) is 0 Å². The van der Waals surface area contributed by atoms with E-state index in [1.165, 1.54) is 0 Å². The summed E-state index contributed by atoms with van der Waals surface area (Å²) in [7, 11) is 0. The number of rotatable bonds is 13. The van der Waals surface area contributed by atoms with E-state index in [0.29, 0.717) is 52.1 Å². The van der Waals surface area contributed by atoms with E-state index in [0.717, 1.165) is 44.2 Å². The Morgan fingerprint density at radius 2 is 1.00 bits per heavy atom. The van der Waals surface area contributed by atoms with Gasteiger partial charge in [-0.05, 0) is 60.4 Å². The minimum absolute atomic E-state index is 0.220. The van der Waals surface area contributed by atoms with Crippen molar-refractivity contribution in [2.45, 2.75) is 39.5 Å². The first kappa shape index (κ1) is 27.0. The second-order valence-electron chi connectivity index (χ2n) is 8.83. The maximum atomic E-state index is 11.8. The van der Waals surface area contributed by atoms with Gasteiger partial charge in [-0.3, -0.25) is 9.59 Å². The summed E-state index contributed by atoms with van der Waals surface area (Å²) in [4.78, 5) is 23.6. The van der Waals surface area contributed by atoms with Gasteiger partial charge in [0.05, 0.1) is 26.4 Å². The Kier molecular flexibility index (Phi) is 9.57. The van der Waals surface area contributed by atoms with E-state index in [4.69, 9.17) is 18.9 Å². The topological polar surface area (TPSA) is 71.1 Å². The van der Waals surface area contributed by atoms with Crippen molar-refractivity contribution in [2.24, 2.45) is 0 Å². The zero-order valence-corrected chi connectivity index (χ0v) is 22.0. The van der Waals surface area contributed by atoms with Crippen LogP contribution in [-0.2, 0) is 19.1 Å². The fraction of sp³-hybridized carbons (Fsp3) is 0.312. The van der Waals surface area contributed by atoms with Crippen LogP contribution in [0.4, 0.5) is 0 Å². The van der Waals surface area contributed by atoms with Crippen molar-refractivity contribution in [2.75, 3.05) is 26.4 Å². The number of hydrogen-bond donors (Lipinski definition) is 0. The average Bonchev–Trinajstić information content (AvgIpc) is 2.93. The third-order valence-electron chi connectivity index (χ3n) is 6.21. The molecule has 38 heavy (non-hydrogen) atoms. The van der Waals surface area contributed by atoms with Gasteiger partial charge in [0.2, 0.25) is 0 Å². The third kappa shape index (κ3) is 6.62. The Balaban J connectivity index is 1.71. The summed E-state index contributed by atoms with van der Waals surface area (Å²) in [6, 6.07) is 24.4. The molecule has 0 atom stereocenters. The Labute approximate surface area is 223 Å². The predicted octanol–water partition coefficient (Wildman–Crippen LogP) is 7.10. The van der Waals surface area contributed by atoms with Crippen LogP contribution in [-0.4, -0.2) is 38.4 Å².